The lowest BCUT2D eigenvalue weighted by Gasteiger charge is -2.05. The van der Waals surface area contributed by atoms with Crippen LogP contribution in [0.15, 0.2) is 35.4 Å². The minimum absolute atomic E-state index is 0.0312. The van der Waals surface area contributed by atoms with Gasteiger partial charge < -0.3 is 14.6 Å². The Morgan fingerprint density at radius 2 is 2.24 bits per heavy atom. The van der Waals surface area contributed by atoms with Crippen molar-refractivity contribution in [2.24, 2.45) is 0 Å². The minimum Gasteiger partial charge on any atom is -0.477 e. The molecule has 3 rings (SSSR count). The van der Waals surface area contributed by atoms with Crippen molar-refractivity contribution in [3.63, 3.8) is 0 Å². The lowest BCUT2D eigenvalue weighted by molar-refractivity contribution is 0.0690. The van der Waals surface area contributed by atoms with Crippen LogP contribution >= 0.6 is 23.4 Å². The molecule has 1 N–H and O–H groups in total. The molecule has 108 valence electrons. The predicted molar refractivity (Wildman–Crippen MR) is 78.3 cm³/mol. The van der Waals surface area contributed by atoms with E-state index < -0.39 is 5.97 Å². The number of carboxylic acids is 1. The molecule has 1 aromatic carbocycles. The van der Waals surface area contributed by atoms with Crippen LogP contribution in [0.3, 0.4) is 0 Å². The molecule has 0 amide bonds. The first kappa shape index (κ1) is 14.0. The van der Waals surface area contributed by atoms with Gasteiger partial charge in [-0.15, -0.1) is 11.8 Å². The fourth-order valence-corrected chi connectivity index (χ4v) is 3.03. The number of ether oxygens (including phenoxy) is 2. The van der Waals surface area contributed by atoms with Crippen molar-refractivity contribution < 1.29 is 19.4 Å². The van der Waals surface area contributed by atoms with E-state index in [-0.39, 0.29) is 12.5 Å². The van der Waals surface area contributed by atoms with Gasteiger partial charge in [0, 0.05) is 16.8 Å². The molecule has 1 aromatic heterocycles. The Morgan fingerprint density at radius 3 is 3.05 bits per heavy atom. The van der Waals surface area contributed by atoms with E-state index in [4.69, 9.17) is 26.2 Å². The van der Waals surface area contributed by atoms with Gasteiger partial charge in [0.25, 0.3) is 0 Å². The number of aromatic carboxylic acids is 1. The SMILES string of the molecule is O=C(O)c1cc(SCc2cc(Cl)c3c(c2)OCO3)ccn1. The number of hydrogen-bond donors (Lipinski definition) is 1. The summed E-state index contributed by atoms with van der Waals surface area (Å²) in [5, 5.41) is 9.43. The van der Waals surface area contributed by atoms with Gasteiger partial charge in [-0.05, 0) is 29.8 Å². The lowest BCUT2D eigenvalue weighted by Crippen LogP contribution is -1.99. The third-order valence-electron chi connectivity index (χ3n) is 2.84. The first-order chi connectivity index (χ1) is 10.1. The minimum atomic E-state index is -1.04. The second kappa shape index (κ2) is 5.83. The Labute approximate surface area is 129 Å². The maximum Gasteiger partial charge on any atom is 0.354 e. The number of pyridine rings is 1. The second-order valence-electron chi connectivity index (χ2n) is 4.28. The Morgan fingerprint density at radius 1 is 1.38 bits per heavy atom. The first-order valence-corrected chi connectivity index (χ1v) is 7.40. The fraction of sp³-hybridized carbons (Fsp3) is 0.143. The first-order valence-electron chi connectivity index (χ1n) is 6.03. The molecule has 2 heterocycles. The van der Waals surface area contributed by atoms with Gasteiger partial charge in [-0.3, -0.25) is 0 Å². The summed E-state index contributed by atoms with van der Waals surface area (Å²) in [4.78, 5) is 15.5. The van der Waals surface area contributed by atoms with Crippen molar-refractivity contribution in [3.8, 4) is 11.5 Å². The highest BCUT2D eigenvalue weighted by molar-refractivity contribution is 7.98. The standard InChI is InChI=1S/C14H10ClNO4S/c15-10-3-8(4-12-13(10)20-7-19-12)6-21-9-1-2-16-11(5-9)14(17)18/h1-5H,6-7H2,(H,17,18). The molecule has 2 aromatic rings. The van der Waals surface area contributed by atoms with Crippen molar-refractivity contribution in [2.45, 2.75) is 10.6 Å². The van der Waals surface area contributed by atoms with Crippen molar-refractivity contribution in [1.29, 1.82) is 0 Å². The summed E-state index contributed by atoms with van der Waals surface area (Å²) in [6, 6.07) is 7.01. The van der Waals surface area contributed by atoms with E-state index in [9.17, 15) is 4.79 Å². The Balaban J connectivity index is 1.75. The van der Waals surface area contributed by atoms with Gasteiger partial charge in [-0.25, -0.2) is 9.78 Å². The number of halogens is 1. The van der Waals surface area contributed by atoms with Crippen LogP contribution in [0.4, 0.5) is 0 Å². The van der Waals surface area contributed by atoms with Crippen LogP contribution in [0.2, 0.25) is 5.02 Å². The summed E-state index contributed by atoms with van der Waals surface area (Å²) in [6.07, 6.45) is 1.48. The fourth-order valence-electron chi connectivity index (χ4n) is 1.89. The second-order valence-corrected chi connectivity index (χ2v) is 5.74. The summed E-state index contributed by atoms with van der Waals surface area (Å²) >= 11 is 7.62. The number of benzene rings is 1. The highest BCUT2D eigenvalue weighted by Gasteiger charge is 2.18. The maximum atomic E-state index is 10.9. The zero-order valence-corrected chi connectivity index (χ0v) is 12.3. The van der Waals surface area contributed by atoms with Gasteiger partial charge in [0.15, 0.2) is 11.5 Å². The molecule has 0 radical (unpaired) electrons. The largest absolute Gasteiger partial charge is 0.477 e. The molecule has 7 heteroatoms. The van der Waals surface area contributed by atoms with Crippen LogP contribution in [0.25, 0.3) is 0 Å². The van der Waals surface area contributed by atoms with E-state index >= 15 is 0 Å². The van der Waals surface area contributed by atoms with Gasteiger partial charge in [0.05, 0.1) is 5.02 Å². The number of carbonyl (C=O) groups is 1. The van der Waals surface area contributed by atoms with E-state index in [1.165, 1.54) is 18.0 Å². The smallest absolute Gasteiger partial charge is 0.354 e. The molecule has 5 nitrogen and oxygen atoms in total. The Kier molecular flexibility index (Phi) is 3.90. The molecule has 0 unspecified atom stereocenters. The van der Waals surface area contributed by atoms with Crippen LogP contribution in [0, 0.1) is 0 Å². The normalized spacial score (nSPS) is 12.4. The van der Waals surface area contributed by atoms with Gasteiger partial charge in [-0.1, -0.05) is 11.6 Å². The zero-order chi connectivity index (χ0) is 14.8. The molecule has 0 aliphatic carbocycles. The van der Waals surface area contributed by atoms with Crippen molar-refractivity contribution >= 4 is 29.3 Å². The van der Waals surface area contributed by atoms with Gasteiger partial charge >= 0.3 is 5.97 Å². The lowest BCUT2D eigenvalue weighted by atomic mass is 10.2. The van der Waals surface area contributed by atoms with Crippen molar-refractivity contribution in [3.05, 3.63) is 46.7 Å². The van der Waals surface area contributed by atoms with Crippen LogP contribution in [-0.2, 0) is 5.75 Å². The maximum absolute atomic E-state index is 10.9. The molecule has 0 spiro atoms. The molecule has 0 saturated carbocycles. The van der Waals surface area contributed by atoms with E-state index in [1.54, 1.807) is 12.1 Å². The van der Waals surface area contributed by atoms with Crippen LogP contribution in [0.5, 0.6) is 11.5 Å². The number of carboxylic acid groups (broad SMARTS) is 1. The van der Waals surface area contributed by atoms with Gasteiger partial charge in [0.2, 0.25) is 6.79 Å². The molecule has 0 fully saturated rings. The summed E-state index contributed by atoms with van der Waals surface area (Å²) in [7, 11) is 0. The summed E-state index contributed by atoms with van der Waals surface area (Å²) in [5.74, 6) is 0.810. The van der Waals surface area contributed by atoms with E-state index in [1.807, 2.05) is 12.1 Å². The highest BCUT2D eigenvalue weighted by atomic mass is 35.5. The van der Waals surface area contributed by atoms with Crippen LogP contribution < -0.4 is 9.47 Å². The van der Waals surface area contributed by atoms with Gasteiger partial charge in [0.1, 0.15) is 5.69 Å². The predicted octanol–water partition coefficient (Wildman–Crippen LogP) is 3.45. The highest BCUT2D eigenvalue weighted by Crippen LogP contribution is 2.40. The molecule has 0 atom stereocenters. The molecule has 0 bridgehead atoms. The third-order valence-corrected chi connectivity index (χ3v) is 4.19. The van der Waals surface area contributed by atoms with Gasteiger partial charge in [-0.2, -0.15) is 0 Å². The van der Waals surface area contributed by atoms with Crippen molar-refractivity contribution in [1.82, 2.24) is 4.98 Å². The van der Waals surface area contributed by atoms with Crippen molar-refractivity contribution in [2.75, 3.05) is 6.79 Å². The zero-order valence-electron chi connectivity index (χ0n) is 10.7. The molecular weight excluding hydrogens is 314 g/mol. The van der Waals surface area contributed by atoms with E-state index in [0.717, 1.165) is 10.5 Å². The average molecular weight is 324 g/mol. The Bertz CT molecular complexity index is 707. The summed E-state index contributed by atoms with van der Waals surface area (Å²) in [6.45, 7) is 0.179. The monoisotopic (exact) mass is 323 g/mol. The van der Waals surface area contributed by atoms with E-state index in [0.29, 0.717) is 22.3 Å². The van der Waals surface area contributed by atoms with Crippen LogP contribution in [0.1, 0.15) is 16.1 Å². The molecule has 21 heavy (non-hydrogen) atoms. The molecule has 1 aliphatic rings. The molecule has 0 saturated heterocycles. The number of fused-ring (bicyclic) bond motifs is 1. The van der Waals surface area contributed by atoms with E-state index in [2.05, 4.69) is 4.98 Å². The third kappa shape index (κ3) is 3.06. The number of thioether (sulfide) groups is 1. The average Bonchev–Trinajstić information content (AvgIpc) is 2.94. The molecular formula is C14H10ClNO4S. The Hall–Kier alpha value is -1.92. The number of rotatable bonds is 4. The summed E-state index contributed by atoms with van der Waals surface area (Å²) < 4.78 is 10.6. The summed E-state index contributed by atoms with van der Waals surface area (Å²) in [5.41, 5.74) is 1.01. The van der Waals surface area contributed by atoms with Crippen LogP contribution in [-0.4, -0.2) is 22.9 Å². The molecule has 1 aliphatic heterocycles. The number of aromatic nitrogens is 1. The quantitative estimate of drug-likeness (QED) is 0.869. The topological polar surface area (TPSA) is 68.7 Å². The number of hydrogen-bond acceptors (Lipinski definition) is 5. The number of nitrogens with zero attached hydrogens (tertiary/aromatic N) is 1.